The van der Waals surface area contributed by atoms with E-state index in [9.17, 15) is 9.59 Å². The van der Waals surface area contributed by atoms with Crippen molar-refractivity contribution in [2.45, 2.75) is 13.5 Å². The fourth-order valence-electron chi connectivity index (χ4n) is 2.90. The molecule has 0 saturated heterocycles. The van der Waals surface area contributed by atoms with Gasteiger partial charge in [-0.25, -0.2) is 4.68 Å². The molecule has 0 aliphatic carbocycles. The minimum absolute atomic E-state index is 0.179. The molecule has 0 saturated carbocycles. The molecule has 6 heteroatoms. The van der Waals surface area contributed by atoms with E-state index in [1.165, 1.54) is 16.8 Å². The Hall–Kier alpha value is -3.80. The summed E-state index contributed by atoms with van der Waals surface area (Å²) in [5.74, 6) is -0.374. The number of aromatic nitrogens is 3. The Labute approximate surface area is 161 Å². The summed E-state index contributed by atoms with van der Waals surface area (Å²) in [5.41, 5.74) is 3.50. The monoisotopic (exact) mass is 370 g/mol. The molecule has 4 rings (SSSR count). The summed E-state index contributed by atoms with van der Waals surface area (Å²) in [6.45, 7) is 2.31. The first-order valence-corrected chi connectivity index (χ1v) is 8.88. The third-order valence-corrected chi connectivity index (χ3v) is 4.41. The number of hydrogen-bond donors (Lipinski definition) is 1. The van der Waals surface area contributed by atoms with Gasteiger partial charge in [0.05, 0.1) is 12.1 Å². The molecular weight excluding hydrogens is 352 g/mol. The Bertz CT molecular complexity index is 1210. The maximum atomic E-state index is 12.6. The topological polar surface area (TPSA) is 76.9 Å². The summed E-state index contributed by atoms with van der Waals surface area (Å²) >= 11 is 0. The molecule has 0 fully saturated rings. The number of carbonyl (C=O) groups is 1. The van der Waals surface area contributed by atoms with E-state index in [1.54, 1.807) is 12.3 Å². The average molecular weight is 370 g/mol. The minimum Gasteiger partial charge on any atom is -0.321 e. The van der Waals surface area contributed by atoms with Crippen molar-refractivity contribution in [1.29, 1.82) is 0 Å². The fraction of sp³-hybridized carbons (Fsp3) is 0.0909. The van der Waals surface area contributed by atoms with E-state index < -0.39 is 0 Å². The number of benzene rings is 2. The van der Waals surface area contributed by atoms with Crippen molar-refractivity contribution >= 4 is 22.5 Å². The number of rotatable bonds is 4. The van der Waals surface area contributed by atoms with Crippen LogP contribution in [0.1, 0.15) is 21.6 Å². The third-order valence-electron chi connectivity index (χ3n) is 4.41. The first kappa shape index (κ1) is 17.6. The molecule has 0 aliphatic heterocycles. The highest BCUT2D eigenvalue weighted by Crippen LogP contribution is 2.17. The SMILES string of the molecule is Cc1ccc(Cn2nc(C(=O)Nc3ccc4ncccc4c3)ccc2=O)cc1. The predicted octanol–water partition coefficient (Wildman–Crippen LogP) is 3.40. The van der Waals surface area contributed by atoms with Crippen LogP contribution < -0.4 is 10.9 Å². The summed E-state index contributed by atoms with van der Waals surface area (Å²) in [5, 5.41) is 7.98. The van der Waals surface area contributed by atoms with Crippen LogP contribution in [0.3, 0.4) is 0 Å². The second-order valence-electron chi connectivity index (χ2n) is 6.57. The van der Waals surface area contributed by atoms with Gasteiger partial charge in [0.1, 0.15) is 5.69 Å². The van der Waals surface area contributed by atoms with E-state index in [4.69, 9.17) is 0 Å². The molecule has 28 heavy (non-hydrogen) atoms. The van der Waals surface area contributed by atoms with Crippen molar-refractivity contribution in [2.75, 3.05) is 5.32 Å². The van der Waals surface area contributed by atoms with Crippen LogP contribution >= 0.6 is 0 Å². The van der Waals surface area contributed by atoms with Gasteiger partial charge < -0.3 is 5.32 Å². The molecule has 0 radical (unpaired) electrons. The Morgan fingerprint density at radius 3 is 2.68 bits per heavy atom. The lowest BCUT2D eigenvalue weighted by atomic mass is 10.1. The lowest BCUT2D eigenvalue weighted by Gasteiger charge is -2.09. The number of carbonyl (C=O) groups excluding carboxylic acids is 1. The summed E-state index contributed by atoms with van der Waals surface area (Å²) in [6, 6.07) is 19.9. The van der Waals surface area contributed by atoms with Crippen molar-refractivity contribution in [3.05, 3.63) is 100 Å². The number of fused-ring (bicyclic) bond motifs is 1. The van der Waals surface area contributed by atoms with Crippen LogP contribution in [0.15, 0.2) is 77.7 Å². The van der Waals surface area contributed by atoms with Crippen LogP contribution in [0.4, 0.5) is 5.69 Å². The number of amides is 1. The van der Waals surface area contributed by atoms with Gasteiger partial charge in [0.2, 0.25) is 0 Å². The highest BCUT2D eigenvalue weighted by Gasteiger charge is 2.11. The van der Waals surface area contributed by atoms with Gasteiger partial charge in [-0.05, 0) is 42.8 Å². The molecule has 0 atom stereocenters. The quantitative estimate of drug-likeness (QED) is 0.597. The predicted molar refractivity (Wildman–Crippen MR) is 108 cm³/mol. The minimum atomic E-state index is -0.374. The third kappa shape index (κ3) is 3.81. The Kier molecular flexibility index (Phi) is 4.68. The van der Waals surface area contributed by atoms with Gasteiger partial charge >= 0.3 is 0 Å². The van der Waals surface area contributed by atoms with Crippen molar-refractivity contribution in [3.63, 3.8) is 0 Å². The van der Waals surface area contributed by atoms with E-state index in [2.05, 4.69) is 15.4 Å². The van der Waals surface area contributed by atoms with E-state index in [-0.39, 0.29) is 17.2 Å². The van der Waals surface area contributed by atoms with Crippen LogP contribution in [0.5, 0.6) is 0 Å². The van der Waals surface area contributed by atoms with E-state index in [0.29, 0.717) is 12.2 Å². The van der Waals surface area contributed by atoms with Gasteiger partial charge in [-0.2, -0.15) is 5.10 Å². The lowest BCUT2D eigenvalue weighted by Crippen LogP contribution is -2.26. The Balaban J connectivity index is 1.56. The molecule has 0 aliphatic rings. The first-order valence-electron chi connectivity index (χ1n) is 8.88. The molecule has 0 spiro atoms. The van der Waals surface area contributed by atoms with E-state index in [1.807, 2.05) is 55.5 Å². The molecular formula is C22H18N4O2. The number of nitrogens with zero attached hydrogens (tertiary/aromatic N) is 3. The molecule has 6 nitrogen and oxygen atoms in total. The molecule has 0 bridgehead atoms. The van der Waals surface area contributed by atoms with Crippen molar-refractivity contribution < 1.29 is 4.79 Å². The number of anilines is 1. The second-order valence-corrected chi connectivity index (χ2v) is 6.57. The second kappa shape index (κ2) is 7.44. The highest BCUT2D eigenvalue weighted by molar-refractivity contribution is 6.03. The zero-order valence-corrected chi connectivity index (χ0v) is 15.3. The molecule has 2 heterocycles. The number of pyridine rings is 1. The average Bonchev–Trinajstić information content (AvgIpc) is 2.71. The summed E-state index contributed by atoms with van der Waals surface area (Å²) < 4.78 is 1.30. The van der Waals surface area contributed by atoms with E-state index >= 15 is 0 Å². The lowest BCUT2D eigenvalue weighted by molar-refractivity contribution is 0.102. The number of hydrogen-bond acceptors (Lipinski definition) is 4. The van der Waals surface area contributed by atoms with Crippen molar-refractivity contribution in [2.24, 2.45) is 0 Å². The van der Waals surface area contributed by atoms with Crippen LogP contribution in [0.25, 0.3) is 10.9 Å². The largest absolute Gasteiger partial charge is 0.321 e. The molecule has 1 N–H and O–H groups in total. The van der Waals surface area contributed by atoms with Crippen LogP contribution in [0, 0.1) is 6.92 Å². The van der Waals surface area contributed by atoms with Gasteiger partial charge in [0, 0.05) is 23.3 Å². The van der Waals surface area contributed by atoms with Gasteiger partial charge in [-0.3, -0.25) is 14.6 Å². The maximum Gasteiger partial charge on any atom is 0.276 e. The smallest absolute Gasteiger partial charge is 0.276 e. The summed E-state index contributed by atoms with van der Waals surface area (Å²) in [4.78, 5) is 29.0. The molecule has 2 aromatic carbocycles. The standard InChI is InChI=1S/C22H18N4O2/c1-15-4-6-16(7-5-15)14-26-21(27)11-10-20(25-26)22(28)24-18-8-9-19-17(13-18)3-2-12-23-19/h2-13H,14H2,1H3,(H,24,28). The Morgan fingerprint density at radius 1 is 1.04 bits per heavy atom. The number of nitrogens with one attached hydrogen (secondary N) is 1. The maximum absolute atomic E-state index is 12.6. The molecule has 1 amide bonds. The normalized spacial score (nSPS) is 10.8. The molecule has 4 aromatic rings. The molecule has 2 aromatic heterocycles. The van der Waals surface area contributed by atoms with Crippen molar-refractivity contribution in [3.8, 4) is 0 Å². The zero-order valence-electron chi connectivity index (χ0n) is 15.3. The highest BCUT2D eigenvalue weighted by atomic mass is 16.2. The van der Waals surface area contributed by atoms with Gasteiger partial charge in [-0.15, -0.1) is 0 Å². The van der Waals surface area contributed by atoms with Gasteiger partial charge in [-0.1, -0.05) is 35.9 Å². The van der Waals surface area contributed by atoms with Crippen molar-refractivity contribution in [1.82, 2.24) is 14.8 Å². The number of aryl methyl sites for hydroxylation is 1. The molecule has 0 unspecified atom stereocenters. The molecule has 138 valence electrons. The first-order chi connectivity index (χ1) is 13.6. The van der Waals surface area contributed by atoms with Crippen LogP contribution in [0.2, 0.25) is 0 Å². The fourth-order valence-corrected chi connectivity index (χ4v) is 2.90. The van der Waals surface area contributed by atoms with Crippen LogP contribution in [-0.4, -0.2) is 20.7 Å². The van der Waals surface area contributed by atoms with Crippen LogP contribution in [-0.2, 0) is 6.54 Å². The zero-order chi connectivity index (χ0) is 19.5. The van der Waals surface area contributed by atoms with E-state index in [0.717, 1.165) is 22.0 Å². The van der Waals surface area contributed by atoms with Gasteiger partial charge in [0.15, 0.2) is 0 Å². The summed E-state index contributed by atoms with van der Waals surface area (Å²) in [7, 11) is 0. The van der Waals surface area contributed by atoms with Gasteiger partial charge in [0.25, 0.3) is 11.5 Å². The summed E-state index contributed by atoms with van der Waals surface area (Å²) in [6.07, 6.45) is 1.72. The Morgan fingerprint density at radius 2 is 1.86 bits per heavy atom.